The highest BCUT2D eigenvalue weighted by atomic mass is 32.2. The van der Waals surface area contributed by atoms with E-state index in [1.54, 1.807) is 37.7 Å². The predicted molar refractivity (Wildman–Crippen MR) is 291 cm³/mol. The maximum Gasteiger partial charge on any atom is 0.293 e. The van der Waals surface area contributed by atoms with Crippen LogP contribution in [0.15, 0.2) is 114 Å². The summed E-state index contributed by atoms with van der Waals surface area (Å²) in [4.78, 5) is 40.6. The Labute approximate surface area is 440 Å². The lowest BCUT2D eigenvalue weighted by atomic mass is 9.59. The minimum atomic E-state index is -4.59. The van der Waals surface area contributed by atoms with Crippen LogP contribution in [-0.4, -0.2) is 102 Å². The van der Waals surface area contributed by atoms with Crippen LogP contribution in [-0.2, 0) is 27.9 Å². The number of nitro groups is 1. The maximum atomic E-state index is 14.1. The number of methoxy groups -OCH3 is 1. The third-order valence-electron chi connectivity index (χ3n) is 16.5. The molecule has 0 radical (unpaired) electrons. The molecule has 2 saturated carbocycles. The average Bonchev–Trinajstić information content (AvgIpc) is 3.88. The number of piperazine rings is 1. The molecule has 4 heterocycles. The lowest BCUT2D eigenvalue weighted by molar-refractivity contribution is -0.384. The molecule has 4 fully saturated rings. The normalized spacial score (nSPS) is 21.5. The van der Waals surface area contributed by atoms with E-state index in [-0.39, 0.29) is 28.3 Å². The van der Waals surface area contributed by atoms with Gasteiger partial charge in [-0.3, -0.25) is 24.7 Å². The van der Waals surface area contributed by atoms with Crippen LogP contribution in [0.1, 0.15) is 117 Å². The molecule has 10 rings (SSSR count). The van der Waals surface area contributed by atoms with Gasteiger partial charge in [0.15, 0.2) is 0 Å². The van der Waals surface area contributed by atoms with Crippen LogP contribution in [0.3, 0.4) is 0 Å². The molecule has 2 aromatic heterocycles. The number of benzene rings is 4. The number of hydrogen-bond donors (Lipinski definition) is 4. The van der Waals surface area contributed by atoms with Gasteiger partial charge in [-0.15, -0.1) is 0 Å². The van der Waals surface area contributed by atoms with Crippen molar-refractivity contribution >= 4 is 44.0 Å². The molecule has 396 valence electrons. The number of rotatable bonds is 17. The summed E-state index contributed by atoms with van der Waals surface area (Å²) in [5.74, 6) is 0.172. The topological polar surface area (TPSA) is 195 Å². The van der Waals surface area contributed by atoms with E-state index in [0.29, 0.717) is 55.4 Å². The van der Waals surface area contributed by atoms with E-state index in [4.69, 9.17) is 9.47 Å². The molecule has 6 aromatic rings. The quantitative estimate of drug-likeness (QED) is 0.0498. The number of pyridine rings is 1. The molecule has 1 spiro atoms. The van der Waals surface area contributed by atoms with Crippen molar-refractivity contribution in [2.75, 3.05) is 56.6 Å². The zero-order valence-electron chi connectivity index (χ0n) is 43.5. The first-order valence-corrected chi connectivity index (χ1v) is 28.0. The van der Waals surface area contributed by atoms with E-state index in [2.05, 4.69) is 97.1 Å². The van der Waals surface area contributed by atoms with E-state index in [0.717, 1.165) is 94.9 Å². The van der Waals surface area contributed by atoms with Gasteiger partial charge in [0.2, 0.25) is 0 Å². The number of anilines is 2. The predicted octanol–water partition coefficient (Wildman–Crippen LogP) is 10.3. The molecule has 16 nitrogen and oxygen atoms in total. The molecule has 75 heavy (non-hydrogen) atoms. The SMILES string of the molecule is COCc1ccc(CN2CCN(C3CC4(CCN(c5ccc(C(=O)NS(=O)(=O)c6ccc(NC[C@H]7CC[C@](C)(O)CC7)c([N+](=O)[O-])c6)c(Oc6cnc7[nH]ccc7c6)c5)CC4)C3)C(c3ccccc3C(C)C)C2)cc1. The summed E-state index contributed by atoms with van der Waals surface area (Å²) in [6.07, 6.45) is 10.4. The number of nitrogens with one attached hydrogen (secondary N) is 3. The number of carbonyl (C=O) groups is 1. The molecular formula is C58H70N8O8S. The van der Waals surface area contributed by atoms with Crippen LogP contribution in [0.4, 0.5) is 17.1 Å². The van der Waals surface area contributed by atoms with Crippen LogP contribution < -0.4 is 19.7 Å². The maximum absolute atomic E-state index is 14.1. The van der Waals surface area contributed by atoms with Crippen molar-refractivity contribution in [2.24, 2.45) is 11.3 Å². The van der Waals surface area contributed by atoms with E-state index < -0.39 is 37.0 Å². The fourth-order valence-corrected chi connectivity index (χ4v) is 13.1. The Morgan fingerprint density at radius 2 is 1.68 bits per heavy atom. The molecule has 2 aliphatic carbocycles. The number of nitro benzene ring substituents is 1. The van der Waals surface area contributed by atoms with Gasteiger partial charge in [-0.2, -0.15) is 0 Å². The third-order valence-corrected chi connectivity index (χ3v) is 17.8. The molecular weight excluding hydrogens is 969 g/mol. The van der Waals surface area contributed by atoms with E-state index in [9.17, 15) is 28.4 Å². The zero-order valence-corrected chi connectivity index (χ0v) is 44.3. The van der Waals surface area contributed by atoms with Gasteiger partial charge in [-0.05, 0) is 134 Å². The van der Waals surface area contributed by atoms with Crippen molar-refractivity contribution in [1.29, 1.82) is 0 Å². The molecule has 4 N–H and O–H groups in total. The van der Waals surface area contributed by atoms with Crippen LogP contribution in [0, 0.1) is 21.4 Å². The number of hydrogen-bond acceptors (Lipinski definition) is 13. The van der Waals surface area contributed by atoms with Crippen LogP contribution >= 0.6 is 0 Å². The van der Waals surface area contributed by atoms with Crippen molar-refractivity contribution < 1.29 is 32.7 Å². The highest BCUT2D eigenvalue weighted by molar-refractivity contribution is 7.90. The summed E-state index contributed by atoms with van der Waals surface area (Å²) in [6, 6.07) is 31.0. The second kappa shape index (κ2) is 21.7. The highest BCUT2D eigenvalue weighted by Crippen LogP contribution is 2.53. The highest BCUT2D eigenvalue weighted by Gasteiger charge is 2.50. The van der Waals surface area contributed by atoms with Crippen molar-refractivity contribution in [3.8, 4) is 11.5 Å². The lowest BCUT2D eigenvalue weighted by Crippen LogP contribution is -2.60. The number of sulfonamides is 1. The monoisotopic (exact) mass is 1040 g/mol. The van der Waals surface area contributed by atoms with E-state index >= 15 is 0 Å². The Hall–Kier alpha value is -6.37. The van der Waals surface area contributed by atoms with Gasteiger partial charge in [0, 0.05) is 94.4 Å². The standard InChI is InChI=1S/C58H70N8O8S/c1-39(2)48-7-5-6-8-49(48)53-37-63(36-41-9-11-42(12-10-41)38-73-4)27-28-65(53)45-32-58(33-45)22-25-64(26-23-58)44-13-15-50(54(30-44)74-46-29-43-19-24-59-55(43)61-35-46)56(67)62-75(71,72)47-14-16-51(52(31-47)66(69)70)60-34-40-17-20-57(3,68)21-18-40/h5-16,19,24,29-31,35,39-40,45,53,60,68H,17-18,20-23,25-28,32-34,36-38H2,1-4H3,(H,59,61)(H,62,67)/t40-,53?,57-. The second-order valence-electron chi connectivity index (χ2n) is 22.1. The number of amides is 1. The number of nitrogens with zero attached hydrogens (tertiary/aromatic N) is 5. The smallest absolute Gasteiger partial charge is 0.293 e. The fourth-order valence-electron chi connectivity index (χ4n) is 12.1. The molecule has 1 unspecified atom stereocenters. The van der Waals surface area contributed by atoms with Gasteiger partial charge in [0.1, 0.15) is 22.8 Å². The minimum Gasteiger partial charge on any atom is -0.455 e. The van der Waals surface area contributed by atoms with Gasteiger partial charge in [-0.25, -0.2) is 18.1 Å². The molecule has 0 bridgehead atoms. The summed E-state index contributed by atoms with van der Waals surface area (Å²) in [6.45, 7) is 13.0. The molecule has 4 aliphatic rings. The summed E-state index contributed by atoms with van der Waals surface area (Å²) < 4.78 is 41.6. The van der Waals surface area contributed by atoms with Crippen LogP contribution in [0.25, 0.3) is 11.0 Å². The van der Waals surface area contributed by atoms with Gasteiger partial charge in [-0.1, -0.05) is 62.4 Å². The fraction of sp³-hybridized carbons (Fsp3) is 0.448. The average molecular weight is 1040 g/mol. The van der Waals surface area contributed by atoms with Crippen molar-refractivity contribution in [3.05, 3.63) is 147 Å². The first-order valence-electron chi connectivity index (χ1n) is 26.5. The number of H-pyrrole nitrogens is 1. The Bertz CT molecular complexity index is 3120. The number of fused-ring (bicyclic) bond motifs is 1. The summed E-state index contributed by atoms with van der Waals surface area (Å²) in [7, 11) is -2.86. The van der Waals surface area contributed by atoms with Crippen molar-refractivity contribution in [1.82, 2.24) is 24.5 Å². The van der Waals surface area contributed by atoms with Gasteiger partial charge in [0.05, 0.1) is 33.8 Å². The van der Waals surface area contributed by atoms with Crippen LogP contribution in [0.2, 0.25) is 0 Å². The Morgan fingerprint density at radius 1 is 0.933 bits per heavy atom. The van der Waals surface area contributed by atoms with Crippen molar-refractivity contribution in [2.45, 2.75) is 114 Å². The first-order chi connectivity index (χ1) is 36.0. The molecule has 2 aliphatic heterocycles. The third kappa shape index (κ3) is 11.7. The van der Waals surface area contributed by atoms with E-state index in [1.165, 1.54) is 34.4 Å². The number of carbonyl (C=O) groups excluding carboxylic acids is 1. The number of aromatic nitrogens is 2. The Balaban J connectivity index is 0.827. The first kappa shape index (κ1) is 52.1. The van der Waals surface area contributed by atoms with Crippen LogP contribution in [0.5, 0.6) is 11.5 Å². The molecule has 1 atom stereocenters. The molecule has 2 saturated heterocycles. The summed E-state index contributed by atoms with van der Waals surface area (Å²) >= 11 is 0. The number of aromatic amines is 1. The minimum absolute atomic E-state index is 0.0280. The van der Waals surface area contributed by atoms with Crippen molar-refractivity contribution in [3.63, 3.8) is 0 Å². The second-order valence-corrected chi connectivity index (χ2v) is 23.8. The number of aliphatic hydroxyl groups is 1. The lowest BCUT2D eigenvalue weighted by Gasteiger charge is -2.58. The molecule has 1 amide bonds. The largest absolute Gasteiger partial charge is 0.455 e. The zero-order chi connectivity index (χ0) is 52.5. The molecule has 4 aromatic carbocycles. The number of ether oxygens (including phenoxy) is 2. The number of piperidine rings is 1. The molecule has 17 heteroatoms. The summed E-state index contributed by atoms with van der Waals surface area (Å²) in [5, 5.41) is 26.5. The van der Waals surface area contributed by atoms with Gasteiger partial charge >= 0.3 is 0 Å². The van der Waals surface area contributed by atoms with E-state index in [1.807, 2.05) is 19.1 Å². The van der Waals surface area contributed by atoms with Gasteiger partial charge < -0.3 is 29.8 Å². The summed E-state index contributed by atoms with van der Waals surface area (Å²) in [5.41, 5.74) is 6.10. The Morgan fingerprint density at radius 3 is 2.41 bits per heavy atom. The Kier molecular flexibility index (Phi) is 15.1. The van der Waals surface area contributed by atoms with Gasteiger partial charge in [0.25, 0.3) is 21.6 Å².